The summed E-state index contributed by atoms with van der Waals surface area (Å²) < 4.78 is 0. The molecular formula is C19H33O. The van der Waals surface area contributed by atoms with Gasteiger partial charge in [-0.05, 0) is 18.9 Å². The molecule has 0 fully saturated rings. The highest BCUT2D eigenvalue weighted by Gasteiger charge is 1.92. The second kappa shape index (κ2) is 18.1. The van der Waals surface area contributed by atoms with Crippen LogP contribution in [0.1, 0.15) is 90.4 Å². The maximum absolute atomic E-state index is 9.91. The maximum Gasteiger partial charge on any atom is 0.225 e. The van der Waals surface area contributed by atoms with Gasteiger partial charge in [0.25, 0.3) is 0 Å². The average molecular weight is 277 g/mol. The molecule has 0 atom stereocenters. The standard InChI is InChI=1S/C19H33O/c1-2-3-4-5-6-7-8-9-10-11-12-13-14-15-16-17-18-19-20/h15-18H,2-14H2,1H3/b16-15+,18-17+. The quantitative estimate of drug-likeness (QED) is 0.195. The van der Waals surface area contributed by atoms with Crippen LogP contribution < -0.4 is 0 Å². The zero-order valence-corrected chi connectivity index (χ0v) is 13.4. The van der Waals surface area contributed by atoms with Crippen LogP contribution in [0.15, 0.2) is 24.3 Å². The van der Waals surface area contributed by atoms with Gasteiger partial charge in [-0.3, -0.25) is 4.79 Å². The maximum atomic E-state index is 9.91. The van der Waals surface area contributed by atoms with E-state index in [9.17, 15) is 4.79 Å². The molecule has 0 aliphatic rings. The Bertz CT molecular complexity index is 240. The topological polar surface area (TPSA) is 17.1 Å². The van der Waals surface area contributed by atoms with Crippen molar-refractivity contribution in [3.63, 3.8) is 0 Å². The van der Waals surface area contributed by atoms with E-state index in [1.807, 2.05) is 6.08 Å². The summed E-state index contributed by atoms with van der Waals surface area (Å²) in [5.41, 5.74) is 0. The fraction of sp³-hybridized carbons (Fsp3) is 0.737. The first-order valence-corrected chi connectivity index (χ1v) is 8.61. The van der Waals surface area contributed by atoms with Gasteiger partial charge in [0.1, 0.15) is 0 Å². The van der Waals surface area contributed by atoms with Gasteiger partial charge < -0.3 is 0 Å². The monoisotopic (exact) mass is 277 g/mol. The molecule has 1 radical (unpaired) electrons. The molecule has 0 aromatic rings. The predicted octanol–water partition coefficient (Wildman–Crippen LogP) is 6.30. The van der Waals surface area contributed by atoms with E-state index in [0.717, 1.165) is 6.42 Å². The first kappa shape index (κ1) is 19.1. The summed E-state index contributed by atoms with van der Waals surface area (Å²) in [4.78, 5) is 9.91. The van der Waals surface area contributed by atoms with E-state index in [4.69, 9.17) is 0 Å². The molecule has 0 aliphatic carbocycles. The Morgan fingerprint density at radius 1 is 0.700 bits per heavy atom. The van der Waals surface area contributed by atoms with E-state index in [2.05, 4.69) is 13.0 Å². The van der Waals surface area contributed by atoms with Crippen molar-refractivity contribution in [3.8, 4) is 0 Å². The van der Waals surface area contributed by atoms with Crippen molar-refractivity contribution >= 4 is 6.29 Å². The van der Waals surface area contributed by atoms with Crippen molar-refractivity contribution < 1.29 is 4.79 Å². The SMILES string of the molecule is CCCCCCCCCCCCCC/C=C/C=C/[C]=O. The molecule has 1 nitrogen and oxygen atoms in total. The van der Waals surface area contributed by atoms with Gasteiger partial charge in [0, 0.05) is 0 Å². The molecule has 0 saturated heterocycles. The van der Waals surface area contributed by atoms with Gasteiger partial charge in [-0.2, -0.15) is 0 Å². The van der Waals surface area contributed by atoms with Crippen molar-refractivity contribution in [3.05, 3.63) is 24.3 Å². The third-order valence-corrected chi connectivity index (χ3v) is 3.64. The van der Waals surface area contributed by atoms with Crippen LogP contribution in [0.4, 0.5) is 0 Å². The van der Waals surface area contributed by atoms with Crippen LogP contribution in [0.5, 0.6) is 0 Å². The molecular weight excluding hydrogens is 244 g/mol. The highest BCUT2D eigenvalue weighted by atomic mass is 16.1. The summed E-state index contributed by atoms with van der Waals surface area (Å²) in [7, 11) is 0. The van der Waals surface area contributed by atoms with Crippen LogP contribution >= 0.6 is 0 Å². The summed E-state index contributed by atoms with van der Waals surface area (Å²) in [5, 5.41) is 0. The van der Waals surface area contributed by atoms with E-state index in [-0.39, 0.29) is 0 Å². The van der Waals surface area contributed by atoms with Crippen LogP contribution in [0, 0.1) is 0 Å². The summed E-state index contributed by atoms with van der Waals surface area (Å²) in [6, 6.07) is 0. The van der Waals surface area contributed by atoms with Gasteiger partial charge in [0.15, 0.2) is 0 Å². The molecule has 0 amide bonds. The van der Waals surface area contributed by atoms with E-state index in [1.165, 1.54) is 83.1 Å². The molecule has 0 heterocycles. The van der Waals surface area contributed by atoms with Crippen molar-refractivity contribution in [2.45, 2.75) is 90.4 Å². The van der Waals surface area contributed by atoms with Gasteiger partial charge >= 0.3 is 0 Å². The number of hydrogen-bond donors (Lipinski definition) is 0. The van der Waals surface area contributed by atoms with Crippen LogP contribution in [-0.4, -0.2) is 6.29 Å². The molecule has 0 N–H and O–H groups in total. The first-order valence-electron chi connectivity index (χ1n) is 8.61. The summed E-state index contributed by atoms with van der Waals surface area (Å²) in [6.07, 6.45) is 26.8. The molecule has 0 spiro atoms. The molecule has 0 aromatic heterocycles. The van der Waals surface area contributed by atoms with Crippen molar-refractivity contribution in [2.24, 2.45) is 0 Å². The van der Waals surface area contributed by atoms with Crippen molar-refractivity contribution in [1.29, 1.82) is 0 Å². The first-order chi connectivity index (χ1) is 9.91. The van der Waals surface area contributed by atoms with E-state index < -0.39 is 0 Å². The number of carbonyl (C=O) groups excluding carboxylic acids is 1. The molecule has 0 aromatic carbocycles. The number of unbranched alkanes of at least 4 members (excludes halogenated alkanes) is 12. The van der Waals surface area contributed by atoms with E-state index in [1.54, 1.807) is 12.4 Å². The lowest BCUT2D eigenvalue weighted by Crippen LogP contribution is -1.82. The largest absolute Gasteiger partial charge is 0.286 e. The zero-order valence-electron chi connectivity index (χ0n) is 13.4. The smallest absolute Gasteiger partial charge is 0.225 e. The second-order valence-electron chi connectivity index (χ2n) is 5.58. The molecule has 0 saturated carbocycles. The number of hydrogen-bond acceptors (Lipinski definition) is 1. The van der Waals surface area contributed by atoms with Crippen molar-refractivity contribution in [2.75, 3.05) is 0 Å². The zero-order chi connectivity index (χ0) is 14.7. The van der Waals surface area contributed by atoms with Crippen molar-refractivity contribution in [1.82, 2.24) is 0 Å². The van der Waals surface area contributed by atoms with Gasteiger partial charge in [0.05, 0.1) is 0 Å². The molecule has 115 valence electrons. The second-order valence-corrected chi connectivity index (χ2v) is 5.58. The highest BCUT2D eigenvalue weighted by Crippen LogP contribution is 2.12. The number of rotatable bonds is 15. The normalized spacial score (nSPS) is 11.7. The van der Waals surface area contributed by atoms with Gasteiger partial charge in [-0.1, -0.05) is 95.8 Å². The highest BCUT2D eigenvalue weighted by molar-refractivity contribution is 5.66. The minimum Gasteiger partial charge on any atom is -0.286 e. The molecule has 0 bridgehead atoms. The Morgan fingerprint density at radius 3 is 1.70 bits per heavy atom. The molecule has 1 heteroatoms. The lowest BCUT2D eigenvalue weighted by molar-refractivity contribution is 0.545. The Labute approximate surface area is 126 Å². The Kier molecular flexibility index (Phi) is 17.4. The van der Waals surface area contributed by atoms with Gasteiger partial charge in [0.2, 0.25) is 6.29 Å². The van der Waals surface area contributed by atoms with E-state index >= 15 is 0 Å². The summed E-state index contributed by atoms with van der Waals surface area (Å²) in [5.74, 6) is 0. The third-order valence-electron chi connectivity index (χ3n) is 3.64. The molecule has 0 rings (SSSR count). The van der Waals surface area contributed by atoms with E-state index in [0.29, 0.717) is 0 Å². The number of allylic oxidation sites excluding steroid dienone is 4. The van der Waals surface area contributed by atoms with Crippen LogP contribution in [-0.2, 0) is 4.79 Å². The van der Waals surface area contributed by atoms with Crippen LogP contribution in [0.2, 0.25) is 0 Å². The average Bonchev–Trinajstić information content (AvgIpc) is 2.47. The predicted molar refractivity (Wildman–Crippen MR) is 89.7 cm³/mol. The third kappa shape index (κ3) is 17.2. The fourth-order valence-electron chi connectivity index (χ4n) is 2.37. The fourth-order valence-corrected chi connectivity index (χ4v) is 2.37. The minimum absolute atomic E-state index is 1.13. The lowest BCUT2D eigenvalue weighted by atomic mass is 10.0. The van der Waals surface area contributed by atoms with Crippen LogP contribution in [0.25, 0.3) is 0 Å². The molecule has 20 heavy (non-hydrogen) atoms. The molecule has 0 aliphatic heterocycles. The van der Waals surface area contributed by atoms with Crippen LogP contribution in [0.3, 0.4) is 0 Å². The Morgan fingerprint density at radius 2 is 1.20 bits per heavy atom. The Balaban J connectivity index is 3.04. The summed E-state index contributed by atoms with van der Waals surface area (Å²) in [6.45, 7) is 2.27. The van der Waals surface area contributed by atoms with Gasteiger partial charge in [-0.15, -0.1) is 0 Å². The Hall–Kier alpha value is -0.850. The minimum atomic E-state index is 1.13. The molecule has 0 unspecified atom stereocenters. The van der Waals surface area contributed by atoms with Gasteiger partial charge in [-0.25, -0.2) is 0 Å². The lowest BCUT2D eigenvalue weighted by Gasteiger charge is -2.02. The summed E-state index contributed by atoms with van der Waals surface area (Å²) >= 11 is 0.